The molecule has 0 aliphatic carbocycles. The Hall–Kier alpha value is -1.18. The molecule has 1 fully saturated rings. The number of aliphatic hydroxyl groups excluding tert-OH is 4. The maximum atomic E-state index is 9.89. The largest absolute Gasteiger partial charge is 0.394 e. The SMILES string of the molecule is Cc1ccccc1NC1O[C@H](CO)[C@@H](O)[C@H](O)[C@H]1O. The van der Waals surface area contributed by atoms with Gasteiger partial charge in [0.25, 0.3) is 0 Å². The highest BCUT2D eigenvalue weighted by atomic mass is 16.6. The van der Waals surface area contributed by atoms with Crippen molar-refractivity contribution >= 4 is 5.69 Å². The molecule has 0 radical (unpaired) electrons. The Morgan fingerprint density at radius 3 is 2.42 bits per heavy atom. The number of nitrogens with one attached hydrogen (secondary N) is 1. The molecule has 0 bridgehead atoms. The molecule has 0 spiro atoms. The number of aliphatic hydroxyl groups is 4. The molecule has 1 unspecified atom stereocenters. The highest BCUT2D eigenvalue weighted by Gasteiger charge is 2.43. The second kappa shape index (κ2) is 5.85. The van der Waals surface area contributed by atoms with Crippen LogP contribution in [0.25, 0.3) is 0 Å². The molecular formula is C13H19NO5. The molecule has 0 amide bonds. The molecule has 0 aromatic heterocycles. The predicted molar refractivity (Wildman–Crippen MR) is 68.6 cm³/mol. The monoisotopic (exact) mass is 269 g/mol. The van der Waals surface area contributed by atoms with Crippen LogP contribution >= 0.6 is 0 Å². The summed E-state index contributed by atoms with van der Waals surface area (Å²) >= 11 is 0. The number of anilines is 1. The van der Waals surface area contributed by atoms with Crippen molar-refractivity contribution in [3.05, 3.63) is 29.8 Å². The lowest BCUT2D eigenvalue weighted by Crippen LogP contribution is -2.60. The summed E-state index contributed by atoms with van der Waals surface area (Å²) in [6.45, 7) is 1.46. The van der Waals surface area contributed by atoms with Crippen molar-refractivity contribution in [2.45, 2.75) is 37.6 Å². The van der Waals surface area contributed by atoms with Gasteiger partial charge in [0.2, 0.25) is 0 Å². The quantitative estimate of drug-likeness (QED) is 0.493. The molecule has 1 aromatic rings. The minimum Gasteiger partial charge on any atom is -0.394 e. The summed E-state index contributed by atoms with van der Waals surface area (Å²) < 4.78 is 5.37. The molecule has 0 saturated carbocycles. The van der Waals surface area contributed by atoms with Gasteiger partial charge in [-0.3, -0.25) is 0 Å². The normalized spacial score (nSPS) is 35.1. The minimum absolute atomic E-state index is 0.434. The number of para-hydroxylation sites is 1. The van der Waals surface area contributed by atoms with Gasteiger partial charge in [0.1, 0.15) is 24.4 Å². The Morgan fingerprint density at radius 2 is 1.79 bits per heavy atom. The van der Waals surface area contributed by atoms with Gasteiger partial charge in [-0.2, -0.15) is 0 Å². The molecule has 106 valence electrons. The van der Waals surface area contributed by atoms with E-state index < -0.39 is 37.3 Å². The van der Waals surface area contributed by atoms with Gasteiger partial charge in [0.15, 0.2) is 6.23 Å². The lowest BCUT2D eigenvalue weighted by Gasteiger charge is -2.40. The van der Waals surface area contributed by atoms with E-state index in [0.29, 0.717) is 0 Å². The summed E-state index contributed by atoms with van der Waals surface area (Å²) in [7, 11) is 0. The van der Waals surface area contributed by atoms with Crippen molar-refractivity contribution in [2.75, 3.05) is 11.9 Å². The van der Waals surface area contributed by atoms with Crippen molar-refractivity contribution in [3.63, 3.8) is 0 Å². The zero-order valence-electron chi connectivity index (χ0n) is 10.6. The smallest absolute Gasteiger partial charge is 0.157 e. The second-order valence-electron chi connectivity index (χ2n) is 4.71. The van der Waals surface area contributed by atoms with Gasteiger partial charge in [0, 0.05) is 5.69 Å². The second-order valence-corrected chi connectivity index (χ2v) is 4.71. The fourth-order valence-corrected chi connectivity index (χ4v) is 2.11. The zero-order chi connectivity index (χ0) is 14.0. The first kappa shape index (κ1) is 14.2. The van der Waals surface area contributed by atoms with Crippen LogP contribution in [-0.4, -0.2) is 57.7 Å². The lowest BCUT2D eigenvalue weighted by molar-refractivity contribution is -0.221. The fraction of sp³-hybridized carbons (Fsp3) is 0.538. The first-order valence-electron chi connectivity index (χ1n) is 6.17. The van der Waals surface area contributed by atoms with Crippen LogP contribution in [0.4, 0.5) is 5.69 Å². The lowest BCUT2D eigenvalue weighted by atomic mass is 9.98. The Bertz CT molecular complexity index is 425. The van der Waals surface area contributed by atoms with E-state index in [2.05, 4.69) is 5.32 Å². The van der Waals surface area contributed by atoms with Crippen LogP contribution in [0.1, 0.15) is 5.56 Å². The molecule has 6 nitrogen and oxygen atoms in total. The summed E-state index contributed by atoms with van der Waals surface area (Å²) in [5.74, 6) is 0. The average molecular weight is 269 g/mol. The van der Waals surface area contributed by atoms with Crippen LogP contribution in [0.3, 0.4) is 0 Å². The number of ether oxygens (including phenoxy) is 1. The van der Waals surface area contributed by atoms with E-state index in [1.54, 1.807) is 0 Å². The van der Waals surface area contributed by atoms with Crippen LogP contribution in [-0.2, 0) is 4.74 Å². The highest BCUT2D eigenvalue weighted by Crippen LogP contribution is 2.24. The van der Waals surface area contributed by atoms with E-state index in [1.165, 1.54) is 0 Å². The third kappa shape index (κ3) is 2.88. The Balaban J connectivity index is 2.13. The average Bonchev–Trinajstić information content (AvgIpc) is 2.41. The summed E-state index contributed by atoms with van der Waals surface area (Å²) in [6.07, 6.45) is -5.78. The van der Waals surface area contributed by atoms with Gasteiger partial charge in [0.05, 0.1) is 6.61 Å². The van der Waals surface area contributed by atoms with E-state index in [1.807, 2.05) is 31.2 Å². The van der Waals surface area contributed by atoms with E-state index in [0.717, 1.165) is 11.3 Å². The number of hydrogen-bond acceptors (Lipinski definition) is 6. The van der Waals surface area contributed by atoms with Crippen molar-refractivity contribution in [2.24, 2.45) is 0 Å². The van der Waals surface area contributed by atoms with Gasteiger partial charge < -0.3 is 30.5 Å². The van der Waals surface area contributed by atoms with Crippen molar-refractivity contribution in [3.8, 4) is 0 Å². The third-order valence-corrected chi connectivity index (χ3v) is 3.34. The molecule has 2 rings (SSSR count). The highest BCUT2D eigenvalue weighted by molar-refractivity contribution is 5.50. The van der Waals surface area contributed by atoms with Crippen molar-refractivity contribution in [1.82, 2.24) is 0 Å². The van der Waals surface area contributed by atoms with E-state index in [9.17, 15) is 15.3 Å². The van der Waals surface area contributed by atoms with Crippen LogP contribution in [0.15, 0.2) is 24.3 Å². The molecule has 1 saturated heterocycles. The molecule has 19 heavy (non-hydrogen) atoms. The molecule has 1 aliphatic rings. The van der Waals surface area contributed by atoms with E-state index in [-0.39, 0.29) is 0 Å². The van der Waals surface area contributed by atoms with Crippen LogP contribution in [0, 0.1) is 6.92 Å². The van der Waals surface area contributed by atoms with Crippen molar-refractivity contribution < 1.29 is 25.2 Å². The van der Waals surface area contributed by atoms with Gasteiger partial charge in [-0.25, -0.2) is 0 Å². The summed E-state index contributed by atoms with van der Waals surface area (Å²) in [5.41, 5.74) is 1.71. The first-order valence-corrected chi connectivity index (χ1v) is 6.17. The topological polar surface area (TPSA) is 102 Å². The Morgan fingerprint density at radius 1 is 1.11 bits per heavy atom. The summed E-state index contributed by atoms with van der Waals surface area (Å²) in [6, 6.07) is 7.43. The van der Waals surface area contributed by atoms with Gasteiger partial charge >= 0.3 is 0 Å². The maximum Gasteiger partial charge on any atom is 0.157 e. The number of rotatable bonds is 3. The van der Waals surface area contributed by atoms with Crippen LogP contribution < -0.4 is 5.32 Å². The Labute approximate surface area is 111 Å². The molecule has 1 aliphatic heterocycles. The standard InChI is InChI=1S/C13H19NO5/c1-7-4-2-3-5-8(7)14-13-12(18)11(17)10(16)9(6-15)19-13/h2-5,9-18H,6H2,1H3/t9-,10-,11+,12-,13?/m1/s1. The van der Waals surface area contributed by atoms with Crippen LogP contribution in [0.2, 0.25) is 0 Å². The molecular weight excluding hydrogens is 250 g/mol. The number of benzene rings is 1. The number of aryl methyl sites for hydroxylation is 1. The predicted octanol–water partition coefficient (Wildman–Crippen LogP) is -0.793. The van der Waals surface area contributed by atoms with Gasteiger partial charge in [-0.1, -0.05) is 18.2 Å². The zero-order valence-corrected chi connectivity index (χ0v) is 10.6. The molecule has 1 aromatic carbocycles. The minimum atomic E-state index is -1.37. The van der Waals surface area contributed by atoms with Crippen LogP contribution in [0.5, 0.6) is 0 Å². The van der Waals surface area contributed by atoms with E-state index in [4.69, 9.17) is 9.84 Å². The van der Waals surface area contributed by atoms with Gasteiger partial charge in [-0.15, -0.1) is 0 Å². The van der Waals surface area contributed by atoms with E-state index >= 15 is 0 Å². The summed E-state index contributed by atoms with van der Waals surface area (Å²) in [4.78, 5) is 0. The molecule has 6 heteroatoms. The molecule has 1 heterocycles. The third-order valence-electron chi connectivity index (χ3n) is 3.34. The van der Waals surface area contributed by atoms with Gasteiger partial charge in [-0.05, 0) is 18.6 Å². The summed E-state index contributed by atoms with van der Waals surface area (Å²) in [5, 5.41) is 41.3. The van der Waals surface area contributed by atoms with Crippen molar-refractivity contribution in [1.29, 1.82) is 0 Å². The maximum absolute atomic E-state index is 9.89. The first-order chi connectivity index (χ1) is 9.04. The Kier molecular flexibility index (Phi) is 4.38. The molecule has 5 atom stereocenters. The fourth-order valence-electron chi connectivity index (χ4n) is 2.11. The molecule has 5 N–H and O–H groups in total. The number of hydrogen-bond donors (Lipinski definition) is 5.